The van der Waals surface area contributed by atoms with E-state index in [1.54, 1.807) is 11.3 Å². The number of nitrogens with one attached hydrogen (secondary N) is 2. The van der Waals surface area contributed by atoms with E-state index in [0.717, 1.165) is 35.9 Å². The maximum Gasteiger partial charge on any atom is 0.270 e. The van der Waals surface area contributed by atoms with E-state index in [1.807, 2.05) is 5.38 Å². The summed E-state index contributed by atoms with van der Waals surface area (Å²) in [6.45, 7) is 4.36. The third kappa shape index (κ3) is 3.01. The van der Waals surface area contributed by atoms with E-state index in [9.17, 15) is 4.79 Å². The molecule has 1 aliphatic heterocycles. The predicted octanol–water partition coefficient (Wildman–Crippen LogP) is 3.94. The number of nitrogens with zero attached hydrogens (tertiary/aromatic N) is 1. The van der Waals surface area contributed by atoms with Crippen LogP contribution in [0.1, 0.15) is 79.7 Å². The molecule has 1 saturated heterocycles. The Morgan fingerprint density at radius 1 is 1.27 bits per heavy atom. The second kappa shape index (κ2) is 6.59. The van der Waals surface area contributed by atoms with Crippen molar-refractivity contribution in [1.29, 1.82) is 0 Å². The molecule has 5 aliphatic rings. The molecule has 1 amide bonds. The van der Waals surface area contributed by atoms with Gasteiger partial charge in [-0.25, -0.2) is 4.98 Å². The average molecular weight is 374 g/mol. The van der Waals surface area contributed by atoms with E-state index < -0.39 is 0 Å². The van der Waals surface area contributed by atoms with Crippen LogP contribution in [-0.4, -0.2) is 30.0 Å². The number of thiazole rings is 1. The molecule has 1 aromatic heterocycles. The quantitative estimate of drug-likeness (QED) is 0.840. The van der Waals surface area contributed by atoms with Crippen LogP contribution in [0.25, 0.3) is 0 Å². The van der Waals surface area contributed by atoms with Gasteiger partial charge in [0.05, 0.1) is 5.01 Å². The molecular weight excluding hydrogens is 342 g/mol. The van der Waals surface area contributed by atoms with E-state index in [2.05, 4.69) is 17.6 Å². The highest BCUT2D eigenvalue weighted by atomic mass is 32.1. The minimum Gasteiger partial charge on any atom is -0.348 e. The van der Waals surface area contributed by atoms with Crippen molar-refractivity contribution in [3.05, 3.63) is 16.1 Å². The monoisotopic (exact) mass is 373 g/mol. The Labute approximate surface area is 160 Å². The molecule has 4 nitrogen and oxygen atoms in total. The second-order valence-corrected chi connectivity index (χ2v) is 10.5. The van der Waals surface area contributed by atoms with E-state index >= 15 is 0 Å². The van der Waals surface area contributed by atoms with Crippen molar-refractivity contribution in [3.63, 3.8) is 0 Å². The largest absolute Gasteiger partial charge is 0.348 e. The Hall–Kier alpha value is -0.940. The van der Waals surface area contributed by atoms with Crippen molar-refractivity contribution in [2.45, 2.75) is 70.3 Å². The smallest absolute Gasteiger partial charge is 0.270 e. The predicted molar refractivity (Wildman–Crippen MR) is 104 cm³/mol. The Bertz CT molecular complexity index is 643. The summed E-state index contributed by atoms with van der Waals surface area (Å²) in [5.41, 5.74) is 0.989. The summed E-state index contributed by atoms with van der Waals surface area (Å²) in [6.07, 6.45) is 10.7. The van der Waals surface area contributed by atoms with Crippen molar-refractivity contribution in [2.24, 2.45) is 23.2 Å². The first-order chi connectivity index (χ1) is 12.6. The molecule has 2 unspecified atom stereocenters. The topological polar surface area (TPSA) is 54.0 Å². The van der Waals surface area contributed by atoms with Crippen LogP contribution in [0.4, 0.5) is 0 Å². The van der Waals surface area contributed by atoms with Crippen molar-refractivity contribution in [2.75, 3.05) is 13.1 Å². The minimum atomic E-state index is 0.0412. The van der Waals surface area contributed by atoms with Gasteiger partial charge in [-0.3, -0.25) is 4.79 Å². The number of piperidine rings is 1. The first-order valence-electron chi connectivity index (χ1n) is 10.6. The van der Waals surface area contributed by atoms with Gasteiger partial charge in [-0.1, -0.05) is 0 Å². The van der Waals surface area contributed by atoms with Gasteiger partial charge in [-0.2, -0.15) is 0 Å². The van der Waals surface area contributed by atoms with E-state index in [-0.39, 0.29) is 11.9 Å². The fourth-order valence-electron chi connectivity index (χ4n) is 6.77. The molecule has 2 heterocycles. The lowest BCUT2D eigenvalue weighted by Crippen LogP contribution is -2.55. The number of carbonyl (C=O) groups is 1. The van der Waals surface area contributed by atoms with Gasteiger partial charge in [0.1, 0.15) is 5.69 Å². The number of rotatable bonds is 4. The zero-order valence-corrected chi connectivity index (χ0v) is 16.6. The first kappa shape index (κ1) is 17.2. The van der Waals surface area contributed by atoms with Crippen molar-refractivity contribution in [1.82, 2.24) is 15.6 Å². The third-order valence-electron chi connectivity index (χ3n) is 7.75. The van der Waals surface area contributed by atoms with Crippen LogP contribution in [0.2, 0.25) is 0 Å². The molecule has 4 bridgehead atoms. The fourth-order valence-corrected chi connectivity index (χ4v) is 7.71. The summed E-state index contributed by atoms with van der Waals surface area (Å²) >= 11 is 1.66. The molecular formula is C21H31N3OS. The van der Waals surface area contributed by atoms with Crippen molar-refractivity contribution < 1.29 is 4.79 Å². The first-order valence-corrected chi connectivity index (χ1v) is 11.5. The van der Waals surface area contributed by atoms with Gasteiger partial charge in [0.15, 0.2) is 0 Å². The summed E-state index contributed by atoms with van der Waals surface area (Å²) in [5.74, 6) is 3.29. The minimum absolute atomic E-state index is 0.0412. The van der Waals surface area contributed by atoms with E-state index in [4.69, 9.17) is 4.98 Å². The van der Waals surface area contributed by atoms with Gasteiger partial charge in [0.25, 0.3) is 5.91 Å². The number of hydrogen-bond donors (Lipinski definition) is 2. The molecule has 26 heavy (non-hydrogen) atoms. The number of aromatic nitrogens is 1. The van der Waals surface area contributed by atoms with Gasteiger partial charge in [-0.15, -0.1) is 11.3 Å². The third-order valence-corrected chi connectivity index (χ3v) is 8.76. The molecule has 5 heteroatoms. The molecule has 0 aromatic carbocycles. The lowest BCUT2D eigenvalue weighted by molar-refractivity contribution is -0.0688. The Kier molecular flexibility index (Phi) is 4.35. The zero-order valence-electron chi connectivity index (χ0n) is 15.8. The molecule has 5 fully saturated rings. The summed E-state index contributed by atoms with van der Waals surface area (Å²) < 4.78 is 0. The van der Waals surface area contributed by atoms with Gasteiger partial charge in [0.2, 0.25) is 0 Å². The normalized spacial score (nSPS) is 39.7. The summed E-state index contributed by atoms with van der Waals surface area (Å²) in [5, 5.41) is 9.90. The molecule has 0 spiro atoms. The molecule has 2 N–H and O–H groups in total. The maximum absolute atomic E-state index is 12.9. The number of amides is 1. The fraction of sp³-hybridized carbons (Fsp3) is 0.810. The Morgan fingerprint density at radius 3 is 2.58 bits per heavy atom. The highest BCUT2D eigenvalue weighted by Crippen LogP contribution is 2.61. The Balaban J connectivity index is 1.26. The van der Waals surface area contributed by atoms with Crippen LogP contribution in [-0.2, 0) is 0 Å². The maximum atomic E-state index is 12.9. The molecule has 0 radical (unpaired) electrons. The lowest BCUT2D eigenvalue weighted by Gasteiger charge is -2.59. The van der Waals surface area contributed by atoms with Crippen LogP contribution >= 0.6 is 11.3 Å². The number of carbonyl (C=O) groups excluding carboxylic acids is 1. The zero-order chi connectivity index (χ0) is 17.7. The SMILES string of the molecule is CC(NC(=O)c1csc(C2CCCNC2)n1)C12CC3CC(CC(C3)C1)C2. The van der Waals surface area contributed by atoms with Crippen molar-refractivity contribution >= 4 is 17.2 Å². The van der Waals surface area contributed by atoms with Gasteiger partial charge in [-0.05, 0) is 88.0 Å². The van der Waals surface area contributed by atoms with Crippen molar-refractivity contribution in [3.8, 4) is 0 Å². The average Bonchev–Trinajstić information content (AvgIpc) is 3.11. The molecule has 2 atom stereocenters. The highest BCUT2D eigenvalue weighted by Gasteiger charge is 2.53. The summed E-state index contributed by atoms with van der Waals surface area (Å²) in [6, 6.07) is 0.268. The molecule has 6 rings (SSSR count). The van der Waals surface area contributed by atoms with Gasteiger partial charge < -0.3 is 10.6 Å². The standard InChI is InChI=1S/C21H31N3OS/c1-13(21-8-14-5-15(9-21)7-16(6-14)10-21)23-19(25)18-12-26-20(24-18)17-3-2-4-22-11-17/h12-17,22H,2-11H2,1H3,(H,23,25). The van der Waals surface area contributed by atoms with Crippen LogP contribution in [0.3, 0.4) is 0 Å². The van der Waals surface area contributed by atoms with E-state index in [0.29, 0.717) is 17.0 Å². The van der Waals surface area contributed by atoms with Crippen LogP contribution < -0.4 is 10.6 Å². The summed E-state index contributed by atoms with van der Waals surface area (Å²) in [4.78, 5) is 17.6. The summed E-state index contributed by atoms with van der Waals surface area (Å²) in [7, 11) is 0. The van der Waals surface area contributed by atoms with Crippen LogP contribution in [0.15, 0.2) is 5.38 Å². The second-order valence-electron chi connectivity index (χ2n) is 9.59. The highest BCUT2D eigenvalue weighted by molar-refractivity contribution is 7.09. The van der Waals surface area contributed by atoms with Crippen LogP contribution in [0, 0.1) is 23.2 Å². The van der Waals surface area contributed by atoms with E-state index in [1.165, 1.54) is 51.4 Å². The Morgan fingerprint density at radius 2 is 1.96 bits per heavy atom. The lowest BCUT2D eigenvalue weighted by atomic mass is 9.48. The molecule has 4 saturated carbocycles. The van der Waals surface area contributed by atoms with Crippen LogP contribution in [0.5, 0.6) is 0 Å². The molecule has 1 aromatic rings. The number of hydrogen-bond acceptors (Lipinski definition) is 4. The molecule has 142 valence electrons. The van der Waals surface area contributed by atoms with Gasteiger partial charge in [0, 0.05) is 23.9 Å². The molecule has 4 aliphatic carbocycles. The van der Waals surface area contributed by atoms with Gasteiger partial charge >= 0.3 is 0 Å².